The summed E-state index contributed by atoms with van der Waals surface area (Å²) in [4.78, 5) is 16.5. The summed E-state index contributed by atoms with van der Waals surface area (Å²) in [6.07, 6.45) is 0. The number of benzene rings is 2. The van der Waals surface area contributed by atoms with Gasteiger partial charge in [0.15, 0.2) is 5.13 Å². The van der Waals surface area contributed by atoms with Gasteiger partial charge in [0.2, 0.25) is 0 Å². The van der Waals surface area contributed by atoms with Crippen molar-refractivity contribution in [2.24, 2.45) is 0 Å². The van der Waals surface area contributed by atoms with Crippen molar-refractivity contribution >= 4 is 34.1 Å². The van der Waals surface area contributed by atoms with Gasteiger partial charge in [-0.3, -0.25) is 5.32 Å². The van der Waals surface area contributed by atoms with Gasteiger partial charge in [-0.05, 0) is 29.2 Å². The fraction of sp³-hybridized carbons (Fsp3) is 0.200. The summed E-state index contributed by atoms with van der Waals surface area (Å²) in [5.41, 5.74) is 4.18. The first-order valence-electron chi connectivity index (χ1n) is 8.36. The third-order valence-corrected chi connectivity index (χ3v) is 4.97. The number of hydrogen-bond acceptors (Lipinski definition) is 3. The molecule has 4 nitrogen and oxygen atoms in total. The van der Waals surface area contributed by atoms with Crippen LogP contribution in [0, 0.1) is 0 Å². The first-order chi connectivity index (χ1) is 12.5. The number of nitrogens with one attached hydrogen (secondary N) is 2. The van der Waals surface area contributed by atoms with E-state index in [0.717, 1.165) is 16.8 Å². The lowest BCUT2D eigenvalue weighted by molar-refractivity contribution is 0.251. The first-order valence-corrected chi connectivity index (χ1v) is 9.62. The largest absolute Gasteiger partial charge is 0.334 e. The van der Waals surface area contributed by atoms with Crippen LogP contribution in [-0.4, -0.2) is 11.0 Å². The molecule has 6 heteroatoms. The second kappa shape index (κ2) is 8.34. The molecule has 3 rings (SSSR count). The fourth-order valence-electron chi connectivity index (χ4n) is 2.43. The van der Waals surface area contributed by atoms with Crippen LogP contribution in [0.5, 0.6) is 0 Å². The molecule has 0 aliphatic carbocycles. The zero-order valence-electron chi connectivity index (χ0n) is 14.6. The molecular formula is C20H20ClN3OS. The smallest absolute Gasteiger partial charge is 0.321 e. The SMILES string of the molecule is CC(C)c1ccc(-c2csc(NC(=O)NCc3ccc(Cl)cc3)n2)cc1. The Kier molecular flexibility index (Phi) is 5.91. The molecule has 0 fully saturated rings. The van der Waals surface area contributed by atoms with Crippen LogP contribution in [0.15, 0.2) is 53.9 Å². The normalized spacial score (nSPS) is 10.8. The van der Waals surface area contributed by atoms with Crippen LogP contribution in [0.3, 0.4) is 0 Å². The number of carbonyl (C=O) groups is 1. The summed E-state index contributed by atoms with van der Waals surface area (Å²) in [6.45, 7) is 4.77. The minimum atomic E-state index is -0.281. The number of anilines is 1. The van der Waals surface area contributed by atoms with Crippen molar-refractivity contribution in [3.8, 4) is 11.3 Å². The highest BCUT2D eigenvalue weighted by Gasteiger charge is 2.08. The van der Waals surface area contributed by atoms with Crippen LogP contribution in [0.4, 0.5) is 9.93 Å². The van der Waals surface area contributed by atoms with Crippen molar-refractivity contribution in [2.75, 3.05) is 5.32 Å². The Morgan fingerprint density at radius 3 is 2.46 bits per heavy atom. The summed E-state index contributed by atoms with van der Waals surface area (Å²) in [5.74, 6) is 0.501. The lowest BCUT2D eigenvalue weighted by atomic mass is 10.0. The molecule has 0 saturated heterocycles. The molecule has 2 amide bonds. The van der Waals surface area contributed by atoms with Gasteiger partial charge in [0.1, 0.15) is 0 Å². The summed E-state index contributed by atoms with van der Waals surface area (Å²) in [5, 5.41) is 8.77. The molecule has 1 heterocycles. The second-order valence-corrected chi connectivity index (χ2v) is 7.54. The van der Waals surface area contributed by atoms with Gasteiger partial charge in [0.25, 0.3) is 0 Å². The van der Waals surface area contributed by atoms with Gasteiger partial charge < -0.3 is 5.32 Å². The summed E-state index contributed by atoms with van der Waals surface area (Å²) in [7, 11) is 0. The van der Waals surface area contributed by atoms with Gasteiger partial charge in [-0.15, -0.1) is 11.3 Å². The van der Waals surface area contributed by atoms with E-state index in [4.69, 9.17) is 11.6 Å². The first kappa shape index (κ1) is 18.4. The number of amides is 2. The number of aromatic nitrogens is 1. The zero-order valence-corrected chi connectivity index (χ0v) is 16.2. The standard InChI is InChI=1S/C20H20ClN3OS/c1-13(2)15-5-7-16(8-6-15)18-12-26-20(23-18)24-19(25)22-11-14-3-9-17(21)10-4-14/h3-10,12-13H,11H2,1-2H3,(H2,22,23,24,25). The van der Waals surface area contributed by atoms with Crippen LogP contribution in [0.1, 0.15) is 30.9 Å². The van der Waals surface area contributed by atoms with Crippen LogP contribution < -0.4 is 10.6 Å². The van der Waals surface area contributed by atoms with E-state index in [0.29, 0.717) is 22.6 Å². The number of carbonyl (C=O) groups excluding carboxylic acids is 1. The molecule has 26 heavy (non-hydrogen) atoms. The van der Waals surface area contributed by atoms with E-state index in [1.54, 1.807) is 12.1 Å². The van der Waals surface area contributed by atoms with E-state index in [9.17, 15) is 4.79 Å². The lowest BCUT2D eigenvalue weighted by Crippen LogP contribution is -2.28. The molecule has 0 radical (unpaired) electrons. The maximum absolute atomic E-state index is 12.0. The van der Waals surface area contributed by atoms with Crippen LogP contribution >= 0.6 is 22.9 Å². The highest BCUT2D eigenvalue weighted by molar-refractivity contribution is 7.14. The Balaban J connectivity index is 1.57. The Labute approximate surface area is 162 Å². The van der Waals surface area contributed by atoms with E-state index < -0.39 is 0 Å². The molecule has 0 bridgehead atoms. The van der Waals surface area contributed by atoms with Crippen molar-refractivity contribution in [3.05, 3.63) is 70.1 Å². The van der Waals surface area contributed by atoms with E-state index in [1.807, 2.05) is 17.5 Å². The number of halogens is 1. The summed E-state index contributed by atoms with van der Waals surface area (Å²) < 4.78 is 0. The molecule has 134 valence electrons. The molecule has 0 atom stereocenters. The van der Waals surface area contributed by atoms with E-state index in [-0.39, 0.29) is 6.03 Å². The number of nitrogens with zero attached hydrogens (tertiary/aromatic N) is 1. The predicted octanol–water partition coefficient (Wildman–Crippen LogP) is 5.91. The quantitative estimate of drug-likeness (QED) is 0.573. The molecule has 3 aromatic rings. The van der Waals surface area contributed by atoms with E-state index in [2.05, 4.69) is 53.7 Å². The number of rotatable bonds is 5. The highest BCUT2D eigenvalue weighted by atomic mass is 35.5. The van der Waals surface area contributed by atoms with Crippen LogP contribution in [-0.2, 0) is 6.54 Å². The highest BCUT2D eigenvalue weighted by Crippen LogP contribution is 2.26. The second-order valence-electron chi connectivity index (χ2n) is 6.25. The summed E-state index contributed by atoms with van der Waals surface area (Å²) >= 11 is 7.26. The van der Waals surface area contributed by atoms with Gasteiger partial charge >= 0.3 is 6.03 Å². The Morgan fingerprint density at radius 1 is 1.12 bits per heavy atom. The van der Waals surface area contributed by atoms with E-state index >= 15 is 0 Å². The molecular weight excluding hydrogens is 366 g/mol. The van der Waals surface area contributed by atoms with Crippen molar-refractivity contribution in [2.45, 2.75) is 26.3 Å². The molecule has 0 spiro atoms. The van der Waals surface area contributed by atoms with Gasteiger partial charge in [-0.1, -0.05) is 61.8 Å². The van der Waals surface area contributed by atoms with Crippen molar-refractivity contribution in [1.29, 1.82) is 0 Å². The van der Waals surface area contributed by atoms with Gasteiger partial charge in [0.05, 0.1) is 5.69 Å². The molecule has 2 aromatic carbocycles. The minimum Gasteiger partial charge on any atom is -0.334 e. The monoisotopic (exact) mass is 385 g/mol. The molecule has 1 aromatic heterocycles. The van der Waals surface area contributed by atoms with Crippen molar-refractivity contribution in [1.82, 2.24) is 10.3 Å². The van der Waals surface area contributed by atoms with Gasteiger partial charge in [-0.2, -0.15) is 0 Å². The number of thiazole rings is 1. The minimum absolute atomic E-state index is 0.281. The number of urea groups is 1. The Morgan fingerprint density at radius 2 is 1.81 bits per heavy atom. The predicted molar refractivity (Wildman–Crippen MR) is 109 cm³/mol. The zero-order chi connectivity index (χ0) is 18.5. The third kappa shape index (κ3) is 4.84. The topological polar surface area (TPSA) is 54.0 Å². The van der Waals surface area contributed by atoms with Crippen LogP contribution in [0.2, 0.25) is 5.02 Å². The van der Waals surface area contributed by atoms with Gasteiger partial charge in [-0.25, -0.2) is 9.78 Å². The maximum Gasteiger partial charge on any atom is 0.321 e. The van der Waals surface area contributed by atoms with Gasteiger partial charge in [0, 0.05) is 22.5 Å². The number of hydrogen-bond donors (Lipinski definition) is 2. The Bertz CT molecular complexity index is 873. The maximum atomic E-state index is 12.0. The van der Waals surface area contributed by atoms with Crippen molar-refractivity contribution in [3.63, 3.8) is 0 Å². The fourth-order valence-corrected chi connectivity index (χ4v) is 3.27. The Hall–Kier alpha value is -2.37. The molecule has 2 N–H and O–H groups in total. The molecule has 0 aliphatic heterocycles. The molecule has 0 saturated carbocycles. The average molecular weight is 386 g/mol. The molecule has 0 unspecified atom stereocenters. The van der Waals surface area contributed by atoms with Crippen LogP contribution in [0.25, 0.3) is 11.3 Å². The van der Waals surface area contributed by atoms with E-state index in [1.165, 1.54) is 16.9 Å². The average Bonchev–Trinajstić information content (AvgIpc) is 3.10. The summed E-state index contributed by atoms with van der Waals surface area (Å²) in [6, 6.07) is 15.4. The van der Waals surface area contributed by atoms with Crippen molar-refractivity contribution < 1.29 is 4.79 Å². The molecule has 0 aliphatic rings. The lowest BCUT2D eigenvalue weighted by Gasteiger charge is -2.06. The third-order valence-electron chi connectivity index (χ3n) is 3.96.